The summed E-state index contributed by atoms with van der Waals surface area (Å²) in [5.41, 5.74) is 0.739. The first kappa shape index (κ1) is 14.1. The van der Waals surface area contributed by atoms with Crippen molar-refractivity contribution in [2.24, 2.45) is 0 Å². The Bertz CT molecular complexity index is 616. The molecule has 1 aromatic heterocycles. The minimum Gasteiger partial charge on any atom is -0.326 e. The number of amides is 1. The number of nitriles is 1. The van der Waals surface area contributed by atoms with Gasteiger partial charge < -0.3 is 5.32 Å². The van der Waals surface area contributed by atoms with Crippen LogP contribution in [0.3, 0.4) is 0 Å². The van der Waals surface area contributed by atoms with Crippen molar-refractivity contribution in [3.8, 4) is 5.40 Å². The highest BCUT2D eigenvalue weighted by molar-refractivity contribution is 9.11. The Morgan fingerprint density at radius 2 is 2.05 bits per heavy atom. The molecule has 0 aliphatic rings. The largest absolute Gasteiger partial charge is 0.326 e. The van der Waals surface area contributed by atoms with Crippen molar-refractivity contribution in [1.82, 2.24) is 0 Å². The quantitative estimate of drug-likeness (QED) is 0.660. The fraction of sp³-hybridized carbons (Fsp3) is 0.0769. The summed E-state index contributed by atoms with van der Waals surface area (Å²) >= 11 is 6.02. The van der Waals surface area contributed by atoms with Crippen molar-refractivity contribution in [2.75, 3.05) is 5.32 Å². The first-order valence-electron chi connectivity index (χ1n) is 5.37. The third kappa shape index (κ3) is 4.39. The average molecular weight is 353 g/mol. The van der Waals surface area contributed by atoms with Gasteiger partial charge in [0, 0.05) is 15.5 Å². The van der Waals surface area contributed by atoms with Gasteiger partial charge in [0.15, 0.2) is 0 Å². The summed E-state index contributed by atoms with van der Waals surface area (Å²) in [5.74, 6) is -0.0463. The molecule has 96 valence electrons. The van der Waals surface area contributed by atoms with Gasteiger partial charge >= 0.3 is 0 Å². The number of hydrogen-bond acceptors (Lipinski definition) is 4. The van der Waals surface area contributed by atoms with E-state index in [2.05, 4.69) is 21.2 Å². The molecule has 0 radical (unpaired) electrons. The summed E-state index contributed by atoms with van der Waals surface area (Å²) in [5, 5.41) is 13.4. The van der Waals surface area contributed by atoms with E-state index in [1.807, 2.05) is 29.7 Å². The van der Waals surface area contributed by atoms with Crippen molar-refractivity contribution in [2.45, 2.75) is 11.3 Å². The molecule has 0 aliphatic carbocycles. The third-order valence-electron chi connectivity index (χ3n) is 2.27. The van der Waals surface area contributed by atoms with Crippen LogP contribution in [-0.2, 0) is 11.2 Å². The number of thiophene rings is 1. The maximum absolute atomic E-state index is 11.8. The van der Waals surface area contributed by atoms with E-state index in [1.165, 1.54) is 0 Å². The number of nitrogens with zero attached hydrogens (tertiary/aromatic N) is 1. The second-order valence-electron chi connectivity index (χ2n) is 3.65. The number of hydrogen-bond donors (Lipinski definition) is 1. The normalized spacial score (nSPS) is 9.89. The van der Waals surface area contributed by atoms with Crippen LogP contribution in [0, 0.1) is 10.7 Å². The van der Waals surface area contributed by atoms with E-state index in [9.17, 15) is 4.79 Å². The predicted octanol–water partition coefficient (Wildman–Crippen LogP) is 4.26. The number of carbonyl (C=O) groups excluding carboxylic acids is 1. The van der Waals surface area contributed by atoms with Crippen molar-refractivity contribution >= 4 is 50.6 Å². The predicted molar refractivity (Wildman–Crippen MR) is 82.3 cm³/mol. The molecule has 0 fully saturated rings. The smallest absolute Gasteiger partial charge is 0.229 e. The molecular weight excluding hydrogens is 344 g/mol. The minimum absolute atomic E-state index is 0.0463. The molecule has 1 aromatic carbocycles. The Balaban J connectivity index is 1.93. The minimum atomic E-state index is -0.0463. The Kier molecular flexibility index (Phi) is 5.02. The Morgan fingerprint density at radius 3 is 2.63 bits per heavy atom. The van der Waals surface area contributed by atoms with Crippen LogP contribution in [-0.4, -0.2) is 5.91 Å². The lowest BCUT2D eigenvalue weighted by atomic mass is 10.3. The molecule has 1 heterocycles. The van der Waals surface area contributed by atoms with Gasteiger partial charge in [0.2, 0.25) is 5.91 Å². The average Bonchev–Trinajstić information content (AvgIpc) is 2.77. The molecule has 0 unspecified atom stereocenters. The fourth-order valence-corrected chi connectivity index (χ4v) is 3.33. The number of benzene rings is 1. The number of nitrogens with one attached hydrogen (secondary N) is 1. The van der Waals surface area contributed by atoms with Crippen LogP contribution in [0.25, 0.3) is 0 Å². The van der Waals surface area contributed by atoms with Crippen molar-refractivity contribution in [1.29, 1.82) is 5.26 Å². The van der Waals surface area contributed by atoms with Gasteiger partial charge in [-0.25, -0.2) is 0 Å². The van der Waals surface area contributed by atoms with Crippen LogP contribution < -0.4 is 5.32 Å². The highest BCUT2D eigenvalue weighted by Crippen LogP contribution is 2.23. The number of thioether (sulfide) groups is 1. The maximum atomic E-state index is 11.8. The number of rotatable bonds is 4. The molecule has 0 atom stereocenters. The maximum Gasteiger partial charge on any atom is 0.229 e. The summed E-state index contributed by atoms with van der Waals surface area (Å²) < 4.78 is 1.02. The molecule has 19 heavy (non-hydrogen) atoms. The van der Waals surface area contributed by atoms with Gasteiger partial charge in [-0.05, 0) is 64.1 Å². The van der Waals surface area contributed by atoms with E-state index in [0.717, 1.165) is 31.0 Å². The Morgan fingerprint density at radius 1 is 1.32 bits per heavy atom. The van der Waals surface area contributed by atoms with E-state index in [1.54, 1.807) is 23.5 Å². The Labute approximate surface area is 127 Å². The van der Waals surface area contributed by atoms with Gasteiger partial charge in [0.25, 0.3) is 0 Å². The van der Waals surface area contributed by atoms with E-state index in [-0.39, 0.29) is 5.91 Å². The highest BCUT2D eigenvalue weighted by Gasteiger charge is 2.06. The number of anilines is 1. The second kappa shape index (κ2) is 6.75. The standard InChI is InChI=1S/C13H9BrN2OS2/c14-12-6-5-11(19-12)7-13(17)16-9-1-3-10(4-2-9)18-8-15/h1-6H,7H2,(H,16,17). The molecule has 1 N–H and O–H groups in total. The lowest BCUT2D eigenvalue weighted by molar-refractivity contribution is -0.115. The summed E-state index contributed by atoms with van der Waals surface area (Å²) in [6, 6.07) is 11.1. The van der Waals surface area contributed by atoms with Crippen LogP contribution in [0.2, 0.25) is 0 Å². The monoisotopic (exact) mass is 352 g/mol. The van der Waals surface area contributed by atoms with Crippen LogP contribution >= 0.6 is 39.0 Å². The molecule has 0 spiro atoms. The van der Waals surface area contributed by atoms with Crippen LogP contribution in [0.5, 0.6) is 0 Å². The van der Waals surface area contributed by atoms with Crippen molar-refractivity contribution in [3.05, 3.63) is 45.1 Å². The van der Waals surface area contributed by atoms with Gasteiger partial charge in [0.1, 0.15) is 5.40 Å². The van der Waals surface area contributed by atoms with Gasteiger partial charge in [0.05, 0.1) is 10.2 Å². The zero-order chi connectivity index (χ0) is 13.7. The molecule has 1 amide bonds. The number of halogens is 1. The van der Waals surface area contributed by atoms with Gasteiger partial charge in [-0.3, -0.25) is 4.79 Å². The van der Waals surface area contributed by atoms with Crippen molar-refractivity contribution < 1.29 is 4.79 Å². The summed E-state index contributed by atoms with van der Waals surface area (Å²) in [6.45, 7) is 0. The molecule has 0 bridgehead atoms. The van der Waals surface area contributed by atoms with E-state index < -0.39 is 0 Å². The Hall–Kier alpha value is -1.29. The molecule has 3 nitrogen and oxygen atoms in total. The molecule has 0 saturated heterocycles. The van der Waals surface area contributed by atoms with Crippen LogP contribution in [0.4, 0.5) is 5.69 Å². The summed E-state index contributed by atoms with van der Waals surface area (Å²) in [6.07, 6.45) is 0.366. The SMILES string of the molecule is N#CSc1ccc(NC(=O)Cc2ccc(Br)s2)cc1. The van der Waals surface area contributed by atoms with Gasteiger partial charge in [-0.2, -0.15) is 5.26 Å². The highest BCUT2D eigenvalue weighted by atomic mass is 79.9. The van der Waals surface area contributed by atoms with Crippen molar-refractivity contribution in [3.63, 3.8) is 0 Å². The first-order chi connectivity index (χ1) is 9.17. The molecular formula is C13H9BrN2OS2. The lowest BCUT2D eigenvalue weighted by Crippen LogP contribution is -2.13. The molecule has 0 aliphatic heterocycles. The topological polar surface area (TPSA) is 52.9 Å². The lowest BCUT2D eigenvalue weighted by Gasteiger charge is -2.04. The second-order valence-corrected chi connectivity index (χ2v) is 7.05. The zero-order valence-electron chi connectivity index (χ0n) is 9.72. The molecule has 2 rings (SSSR count). The number of thiocyanates is 1. The first-order valence-corrected chi connectivity index (χ1v) is 7.80. The van der Waals surface area contributed by atoms with E-state index in [4.69, 9.17) is 5.26 Å². The van der Waals surface area contributed by atoms with Gasteiger partial charge in [-0.15, -0.1) is 11.3 Å². The summed E-state index contributed by atoms with van der Waals surface area (Å²) in [4.78, 5) is 13.7. The number of carbonyl (C=O) groups is 1. The third-order valence-corrected chi connectivity index (χ3v) is 4.49. The summed E-state index contributed by atoms with van der Waals surface area (Å²) in [7, 11) is 0. The van der Waals surface area contributed by atoms with Gasteiger partial charge in [-0.1, -0.05) is 0 Å². The fourth-order valence-electron chi connectivity index (χ4n) is 1.47. The van der Waals surface area contributed by atoms with E-state index in [0.29, 0.717) is 6.42 Å². The zero-order valence-corrected chi connectivity index (χ0v) is 12.9. The van der Waals surface area contributed by atoms with Crippen LogP contribution in [0.15, 0.2) is 45.1 Å². The molecule has 2 aromatic rings. The molecule has 6 heteroatoms. The van der Waals surface area contributed by atoms with E-state index >= 15 is 0 Å². The molecule has 0 saturated carbocycles. The van der Waals surface area contributed by atoms with Crippen LogP contribution in [0.1, 0.15) is 4.88 Å².